The maximum atomic E-state index is 12.0. The van der Waals surface area contributed by atoms with Gasteiger partial charge in [-0.2, -0.15) is 0 Å². The Hall–Kier alpha value is -1.30. The van der Waals surface area contributed by atoms with Gasteiger partial charge in [-0.1, -0.05) is 20.3 Å². The van der Waals surface area contributed by atoms with E-state index in [2.05, 4.69) is 5.32 Å². The molecule has 1 saturated heterocycles. The third kappa shape index (κ3) is 5.06. The van der Waals surface area contributed by atoms with Gasteiger partial charge < -0.3 is 20.1 Å². The Kier molecular flexibility index (Phi) is 6.62. The molecule has 1 heterocycles. The summed E-state index contributed by atoms with van der Waals surface area (Å²) >= 11 is 0. The molecule has 2 amide bonds. The van der Waals surface area contributed by atoms with E-state index in [1.54, 1.807) is 4.90 Å². The van der Waals surface area contributed by atoms with Gasteiger partial charge in [-0.15, -0.1) is 0 Å². The second-order valence-corrected chi connectivity index (χ2v) is 4.86. The van der Waals surface area contributed by atoms with Crippen molar-refractivity contribution in [3.05, 3.63) is 0 Å². The SMILES string of the molecule is CCCC(CNC(=O)N1CCOC(CC)C1)C(=O)O. The summed E-state index contributed by atoms with van der Waals surface area (Å²) in [6.07, 6.45) is 2.33. The maximum Gasteiger partial charge on any atom is 0.317 e. The molecule has 19 heavy (non-hydrogen) atoms. The number of nitrogens with zero attached hydrogens (tertiary/aromatic N) is 1. The van der Waals surface area contributed by atoms with Gasteiger partial charge in [-0.25, -0.2) is 4.79 Å². The first-order chi connectivity index (χ1) is 9.08. The summed E-state index contributed by atoms with van der Waals surface area (Å²) in [4.78, 5) is 24.6. The van der Waals surface area contributed by atoms with Gasteiger partial charge in [0.05, 0.1) is 18.6 Å². The van der Waals surface area contributed by atoms with E-state index in [1.807, 2.05) is 13.8 Å². The zero-order valence-electron chi connectivity index (χ0n) is 11.7. The first-order valence-corrected chi connectivity index (χ1v) is 6.95. The quantitative estimate of drug-likeness (QED) is 0.764. The molecule has 1 fully saturated rings. The summed E-state index contributed by atoms with van der Waals surface area (Å²) in [7, 11) is 0. The molecule has 0 saturated carbocycles. The predicted octanol–water partition coefficient (Wildman–Crippen LogP) is 1.31. The van der Waals surface area contributed by atoms with Crippen LogP contribution in [-0.2, 0) is 9.53 Å². The lowest BCUT2D eigenvalue weighted by molar-refractivity contribution is -0.141. The number of carboxylic acid groups (broad SMARTS) is 1. The lowest BCUT2D eigenvalue weighted by Gasteiger charge is -2.32. The summed E-state index contributed by atoms with van der Waals surface area (Å²) in [5.74, 6) is -1.35. The summed E-state index contributed by atoms with van der Waals surface area (Å²) in [5, 5.41) is 11.7. The first-order valence-electron chi connectivity index (χ1n) is 6.95. The van der Waals surface area contributed by atoms with Gasteiger partial charge in [0.2, 0.25) is 0 Å². The molecule has 6 heteroatoms. The van der Waals surface area contributed by atoms with Gasteiger partial charge in [-0.3, -0.25) is 4.79 Å². The number of aliphatic carboxylic acids is 1. The fraction of sp³-hybridized carbons (Fsp3) is 0.846. The molecule has 0 aromatic rings. The zero-order chi connectivity index (χ0) is 14.3. The molecule has 2 atom stereocenters. The largest absolute Gasteiger partial charge is 0.481 e. The summed E-state index contributed by atoms with van der Waals surface area (Å²) < 4.78 is 5.49. The van der Waals surface area contributed by atoms with Gasteiger partial charge in [0.25, 0.3) is 0 Å². The van der Waals surface area contributed by atoms with Crippen LogP contribution in [0.3, 0.4) is 0 Å². The predicted molar refractivity (Wildman–Crippen MR) is 71.0 cm³/mol. The molecule has 6 nitrogen and oxygen atoms in total. The van der Waals surface area contributed by atoms with E-state index in [1.165, 1.54) is 0 Å². The van der Waals surface area contributed by atoms with E-state index in [-0.39, 0.29) is 18.7 Å². The van der Waals surface area contributed by atoms with Crippen molar-refractivity contribution in [2.75, 3.05) is 26.2 Å². The zero-order valence-corrected chi connectivity index (χ0v) is 11.7. The highest BCUT2D eigenvalue weighted by atomic mass is 16.5. The Morgan fingerprint density at radius 3 is 2.79 bits per heavy atom. The average molecular weight is 272 g/mol. The maximum absolute atomic E-state index is 12.0. The van der Waals surface area contributed by atoms with Crippen LogP contribution in [0.2, 0.25) is 0 Å². The molecule has 2 N–H and O–H groups in total. The first kappa shape index (κ1) is 15.8. The molecule has 0 bridgehead atoms. The third-order valence-electron chi connectivity index (χ3n) is 3.37. The molecule has 0 aromatic carbocycles. The van der Waals surface area contributed by atoms with Gasteiger partial charge in [0, 0.05) is 19.6 Å². The van der Waals surface area contributed by atoms with E-state index in [4.69, 9.17) is 9.84 Å². The molecule has 110 valence electrons. The standard InChI is InChI=1S/C13H24N2O4/c1-3-5-10(12(16)17)8-14-13(18)15-6-7-19-11(4-2)9-15/h10-11H,3-9H2,1-2H3,(H,14,18)(H,16,17). The molecule has 0 aromatic heterocycles. The number of hydrogen-bond acceptors (Lipinski definition) is 3. The minimum absolute atomic E-state index is 0.0883. The van der Waals surface area contributed by atoms with Gasteiger partial charge in [0.1, 0.15) is 0 Å². The van der Waals surface area contributed by atoms with Crippen molar-refractivity contribution in [2.24, 2.45) is 5.92 Å². The highest BCUT2D eigenvalue weighted by molar-refractivity contribution is 5.76. The Bertz CT molecular complexity index is 309. The third-order valence-corrected chi connectivity index (χ3v) is 3.37. The molecule has 1 aliphatic rings. The Morgan fingerprint density at radius 1 is 1.47 bits per heavy atom. The Labute approximate surface area is 114 Å². The van der Waals surface area contributed by atoms with Crippen LogP contribution in [0.5, 0.6) is 0 Å². The molecule has 0 aliphatic carbocycles. The van der Waals surface area contributed by atoms with Crippen molar-refractivity contribution >= 4 is 12.0 Å². The summed E-state index contributed by atoms with van der Waals surface area (Å²) in [5.41, 5.74) is 0. The van der Waals surface area contributed by atoms with E-state index in [0.29, 0.717) is 26.1 Å². The number of rotatable bonds is 6. The number of urea groups is 1. The van der Waals surface area contributed by atoms with Crippen LogP contribution in [-0.4, -0.2) is 54.4 Å². The number of hydrogen-bond donors (Lipinski definition) is 2. The van der Waals surface area contributed by atoms with E-state index < -0.39 is 11.9 Å². The van der Waals surface area contributed by atoms with Crippen LogP contribution in [0.15, 0.2) is 0 Å². The minimum Gasteiger partial charge on any atom is -0.481 e. The number of morpholine rings is 1. The number of carbonyl (C=O) groups is 2. The normalized spacial score (nSPS) is 20.9. The van der Waals surface area contributed by atoms with Crippen LogP contribution < -0.4 is 5.32 Å². The fourth-order valence-electron chi connectivity index (χ4n) is 2.13. The molecule has 0 spiro atoms. The molecular weight excluding hydrogens is 248 g/mol. The highest BCUT2D eigenvalue weighted by Crippen LogP contribution is 2.09. The highest BCUT2D eigenvalue weighted by Gasteiger charge is 2.24. The fourth-order valence-corrected chi connectivity index (χ4v) is 2.13. The number of amides is 2. The van der Waals surface area contributed by atoms with Crippen molar-refractivity contribution in [3.8, 4) is 0 Å². The van der Waals surface area contributed by atoms with Gasteiger partial charge >= 0.3 is 12.0 Å². The lowest BCUT2D eigenvalue weighted by Crippen LogP contribution is -2.50. The number of carbonyl (C=O) groups excluding carboxylic acids is 1. The Morgan fingerprint density at radius 2 is 2.21 bits per heavy atom. The van der Waals surface area contributed by atoms with E-state index in [9.17, 15) is 9.59 Å². The van der Waals surface area contributed by atoms with E-state index >= 15 is 0 Å². The van der Waals surface area contributed by atoms with Crippen LogP contribution in [0, 0.1) is 5.92 Å². The Balaban J connectivity index is 2.39. The number of ether oxygens (including phenoxy) is 1. The van der Waals surface area contributed by atoms with Crippen LogP contribution >= 0.6 is 0 Å². The summed E-state index contributed by atoms with van der Waals surface area (Å²) in [6.45, 7) is 5.83. The molecule has 0 radical (unpaired) electrons. The van der Waals surface area contributed by atoms with Crippen molar-refractivity contribution < 1.29 is 19.4 Å². The van der Waals surface area contributed by atoms with Crippen molar-refractivity contribution in [1.29, 1.82) is 0 Å². The number of nitrogens with one attached hydrogen (secondary N) is 1. The van der Waals surface area contributed by atoms with Crippen molar-refractivity contribution in [3.63, 3.8) is 0 Å². The molecule has 1 aliphatic heterocycles. The van der Waals surface area contributed by atoms with Gasteiger partial charge in [0.15, 0.2) is 0 Å². The molecule has 2 unspecified atom stereocenters. The monoisotopic (exact) mass is 272 g/mol. The van der Waals surface area contributed by atoms with Crippen molar-refractivity contribution in [1.82, 2.24) is 10.2 Å². The van der Waals surface area contributed by atoms with Crippen LogP contribution in [0.25, 0.3) is 0 Å². The molecule has 1 rings (SSSR count). The second-order valence-electron chi connectivity index (χ2n) is 4.86. The lowest BCUT2D eigenvalue weighted by atomic mass is 10.0. The smallest absolute Gasteiger partial charge is 0.317 e. The van der Waals surface area contributed by atoms with Crippen LogP contribution in [0.1, 0.15) is 33.1 Å². The summed E-state index contributed by atoms with van der Waals surface area (Å²) in [6, 6.07) is -0.191. The van der Waals surface area contributed by atoms with E-state index in [0.717, 1.165) is 12.8 Å². The minimum atomic E-state index is -0.851. The number of carboxylic acids is 1. The average Bonchev–Trinajstić information content (AvgIpc) is 2.42. The van der Waals surface area contributed by atoms with Crippen LogP contribution in [0.4, 0.5) is 4.79 Å². The molecular formula is C13H24N2O4. The second kappa shape index (κ2) is 7.99. The van der Waals surface area contributed by atoms with Gasteiger partial charge in [-0.05, 0) is 12.8 Å². The topological polar surface area (TPSA) is 78.9 Å². The van der Waals surface area contributed by atoms with Crippen molar-refractivity contribution in [2.45, 2.75) is 39.2 Å².